The van der Waals surface area contributed by atoms with Gasteiger partial charge in [-0.1, -0.05) is 19.1 Å². The van der Waals surface area contributed by atoms with Gasteiger partial charge in [-0.2, -0.15) is 0 Å². The molecule has 0 unspecified atom stereocenters. The number of fused-ring (bicyclic) bond motifs is 1. The summed E-state index contributed by atoms with van der Waals surface area (Å²) in [5, 5.41) is 3.53. The minimum atomic E-state index is 0.339. The number of aryl methyl sites for hydroxylation is 1. The molecule has 1 aliphatic heterocycles. The number of ether oxygens (including phenoxy) is 1. The summed E-state index contributed by atoms with van der Waals surface area (Å²) >= 11 is 0. The van der Waals surface area contributed by atoms with E-state index in [0.717, 1.165) is 44.2 Å². The first-order chi connectivity index (χ1) is 9.18. The SMILES string of the molecule is Cc1nc2ccccc2n1CCNCC1(C)COC1. The molecule has 1 fully saturated rings. The third-order valence-corrected chi connectivity index (χ3v) is 3.81. The van der Waals surface area contributed by atoms with Crippen LogP contribution in [0.15, 0.2) is 24.3 Å². The Bertz CT molecular complexity index is 572. The van der Waals surface area contributed by atoms with Gasteiger partial charge < -0.3 is 14.6 Å². The van der Waals surface area contributed by atoms with E-state index in [-0.39, 0.29) is 0 Å². The van der Waals surface area contributed by atoms with Crippen molar-refractivity contribution < 1.29 is 4.74 Å². The number of imidazole rings is 1. The Balaban J connectivity index is 1.60. The van der Waals surface area contributed by atoms with Crippen LogP contribution in [0.25, 0.3) is 11.0 Å². The minimum absolute atomic E-state index is 0.339. The van der Waals surface area contributed by atoms with Crippen molar-refractivity contribution >= 4 is 11.0 Å². The third kappa shape index (κ3) is 2.51. The van der Waals surface area contributed by atoms with Crippen LogP contribution in [0.4, 0.5) is 0 Å². The first-order valence-electron chi connectivity index (χ1n) is 6.88. The largest absolute Gasteiger partial charge is 0.380 e. The summed E-state index contributed by atoms with van der Waals surface area (Å²) in [5.74, 6) is 1.08. The van der Waals surface area contributed by atoms with E-state index in [1.54, 1.807) is 0 Å². The minimum Gasteiger partial charge on any atom is -0.380 e. The zero-order chi connectivity index (χ0) is 13.3. The van der Waals surface area contributed by atoms with Gasteiger partial charge in [0.25, 0.3) is 0 Å². The lowest BCUT2D eigenvalue weighted by Gasteiger charge is -2.38. The van der Waals surface area contributed by atoms with Crippen molar-refractivity contribution in [2.24, 2.45) is 5.41 Å². The Morgan fingerprint density at radius 1 is 1.37 bits per heavy atom. The standard InChI is InChI=1S/C15H21N3O/c1-12-17-13-5-3-4-6-14(13)18(12)8-7-16-9-15(2)10-19-11-15/h3-6,16H,7-11H2,1-2H3. The monoisotopic (exact) mass is 259 g/mol. The summed E-state index contributed by atoms with van der Waals surface area (Å²) < 4.78 is 7.54. The van der Waals surface area contributed by atoms with Crippen LogP contribution < -0.4 is 5.32 Å². The fourth-order valence-electron chi connectivity index (χ4n) is 2.61. The number of nitrogens with zero attached hydrogens (tertiary/aromatic N) is 2. The molecule has 3 rings (SSSR count). The number of benzene rings is 1. The molecule has 0 aliphatic carbocycles. The second-order valence-electron chi connectivity index (χ2n) is 5.78. The molecular formula is C15H21N3O. The molecule has 0 amide bonds. The lowest BCUT2D eigenvalue weighted by molar-refractivity contribution is -0.0989. The van der Waals surface area contributed by atoms with Crippen LogP contribution in [0.3, 0.4) is 0 Å². The highest BCUT2D eigenvalue weighted by atomic mass is 16.5. The molecule has 0 saturated carbocycles. The fourth-order valence-corrected chi connectivity index (χ4v) is 2.61. The predicted octanol–water partition coefficient (Wildman–Crippen LogP) is 1.97. The van der Waals surface area contributed by atoms with Crippen molar-refractivity contribution in [2.45, 2.75) is 20.4 Å². The maximum absolute atomic E-state index is 5.26. The summed E-state index contributed by atoms with van der Waals surface area (Å²) in [6.07, 6.45) is 0. The molecule has 0 radical (unpaired) electrons. The number of nitrogens with one attached hydrogen (secondary N) is 1. The Kier molecular flexibility index (Phi) is 3.29. The number of hydrogen-bond donors (Lipinski definition) is 1. The average molecular weight is 259 g/mol. The van der Waals surface area contributed by atoms with E-state index in [1.807, 2.05) is 6.07 Å². The summed E-state index contributed by atoms with van der Waals surface area (Å²) in [4.78, 5) is 4.58. The van der Waals surface area contributed by atoms with Gasteiger partial charge >= 0.3 is 0 Å². The van der Waals surface area contributed by atoms with Crippen molar-refractivity contribution in [3.8, 4) is 0 Å². The normalized spacial score (nSPS) is 17.6. The van der Waals surface area contributed by atoms with Crippen molar-refractivity contribution in [1.29, 1.82) is 0 Å². The van der Waals surface area contributed by atoms with E-state index >= 15 is 0 Å². The molecule has 1 aromatic heterocycles. The van der Waals surface area contributed by atoms with Crippen LogP contribution in [0, 0.1) is 12.3 Å². The van der Waals surface area contributed by atoms with Crippen LogP contribution in [-0.2, 0) is 11.3 Å². The van der Waals surface area contributed by atoms with Crippen molar-refractivity contribution in [2.75, 3.05) is 26.3 Å². The quantitative estimate of drug-likeness (QED) is 0.834. The second kappa shape index (κ2) is 4.94. The molecule has 0 atom stereocenters. The smallest absolute Gasteiger partial charge is 0.106 e. The lowest BCUT2D eigenvalue weighted by Crippen LogP contribution is -2.47. The van der Waals surface area contributed by atoms with Gasteiger partial charge in [-0.25, -0.2) is 4.98 Å². The van der Waals surface area contributed by atoms with Crippen molar-refractivity contribution in [3.63, 3.8) is 0 Å². The highest BCUT2D eigenvalue weighted by Gasteiger charge is 2.32. The van der Waals surface area contributed by atoms with Gasteiger partial charge in [-0.05, 0) is 19.1 Å². The molecule has 1 N–H and O–H groups in total. The van der Waals surface area contributed by atoms with Gasteiger partial charge in [0.05, 0.1) is 24.2 Å². The number of para-hydroxylation sites is 2. The molecule has 4 heteroatoms. The van der Waals surface area contributed by atoms with Gasteiger partial charge in [0.2, 0.25) is 0 Å². The van der Waals surface area contributed by atoms with Gasteiger partial charge in [0.1, 0.15) is 5.82 Å². The van der Waals surface area contributed by atoms with Crippen LogP contribution in [0.2, 0.25) is 0 Å². The summed E-state index contributed by atoms with van der Waals surface area (Å²) in [7, 11) is 0. The van der Waals surface area contributed by atoms with Crippen molar-refractivity contribution in [3.05, 3.63) is 30.1 Å². The maximum atomic E-state index is 5.26. The van der Waals surface area contributed by atoms with E-state index in [2.05, 4.69) is 46.9 Å². The second-order valence-corrected chi connectivity index (χ2v) is 5.78. The highest BCUT2D eigenvalue weighted by Crippen LogP contribution is 2.25. The summed E-state index contributed by atoms with van der Waals surface area (Å²) in [6, 6.07) is 8.31. The van der Waals surface area contributed by atoms with Crippen LogP contribution >= 0.6 is 0 Å². The van der Waals surface area contributed by atoms with E-state index in [0.29, 0.717) is 5.41 Å². The molecule has 4 nitrogen and oxygen atoms in total. The lowest BCUT2D eigenvalue weighted by atomic mass is 9.89. The molecule has 2 aromatic rings. The molecule has 1 aromatic carbocycles. The van der Waals surface area contributed by atoms with Crippen LogP contribution in [-0.4, -0.2) is 35.9 Å². The first kappa shape index (κ1) is 12.6. The molecule has 19 heavy (non-hydrogen) atoms. The van der Waals surface area contributed by atoms with Crippen LogP contribution in [0.1, 0.15) is 12.7 Å². The summed E-state index contributed by atoms with van der Waals surface area (Å²) in [5.41, 5.74) is 2.64. The average Bonchev–Trinajstić information content (AvgIpc) is 2.69. The first-order valence-corrected chi connectivity index (χ1v) is 6.88. The number of aromatic nitrogens is 2. The molecule has 1 saturated heterocycles. The molecule has 0 spiro atoms. The van der Waals surface area contributed by atoms with Gasteiger partial charge in [0, 0.05) is 25.0 Å². The third-order valence-electron chi connectivity index (χ3n) is 3.81. The van der Waals surface area contributed by atoms with Gasteiger partial charge in [0.15, 0.2) is 0 Å². The number of rotatable bonds is 5. The Morgan fingerprint density at radius 2 is 2.16 bits per heavy atom. The Morgan fingerprint density at radius 3 is 2.89 bits per heavy atom. The number of hydrogen-bond acceptors (Lipinski definition) is 3. The predicted molar refractivity (Wildman–Crippen MR) is 76.3 cm³/mol. The fraction of sp³-hybridized carbons (Fsp3) is 0.533. The Hall–Kier alpha value is -1.39. The van der Waals surface area contributed by atoms with E-state index in [9.17, 15) is 0 Å². The zero-order valence-electron chi connectivity index (χ0n) is 11.6. The maximum Gasteiger partial charge on any atom is 0.106 e. The Labute approximate surface area is 113 Å². The van der Waals surface area contributed by atoms with Gasteiger partial charge in [-0.3, -0.25) is 0 Å². The summed E-state index contributed by atoms with van der Waals surface area (Å²) in [6.45, 7) is 9.06. The molecule has 102 valence electrons. The zero-order valence-corrected chi connectivity index (χ0v) is 11.6. The molecular weight excluding hydrogens is 238 g/mol. The van der Waals surface area contributed by atoms with Gasteiger partial charge in [-0.15, -0.1) is 0 Å². The molecule has 0 bridgehead atoms. The van der Waals surface area contributed by atoms with E-state index in [1.165, 1.54) is 5.52 Å². The topological polar surface area (TPSA) is 39.1 Å². The molecule has 2 heterocycles. The van der Waals surface area contributed by atoms with Crippen LogP contribution in [0.5, 0.6) is 0 Å². The molecule has 1 aliphatic rings. The highest BCUT2D eigenvalue weighted by molar-refractivity contribution is 5.75. The van der Waals surface area contributed by atoms with Crippen molar-refractivity contribution in [1.82, 2.24) is 14.9 Å². The van der Waals surface area contributed by atoms with E-state index < -0.39 is 0 Å². The van der Waals surface area contributed by atoms with E-state index in [4.69, 9.17) is 4.74 Å².